The molecule has 0 bridgehead atoms. The van der Waals surface area contributed by atoms with Crippen LogP contribution in [0.4, 0.5) is 5.69 Å². The SMILES string of the molecule is CC1c2ccc(Cl)cc2NC1C(=O)O. The molecule has 1 aliphatic rings. The molecular formula is C10H10ClNO2. The summed E-state index contributed by atoms with van der Waals surface area (Å²) in [6.45, 7) is 1.89. The Morgan fingerprint density at radius 1 is 1.57 bits per heavy atom. The lowest BCUT2D eigenvalue weighted by Crippen LogP contribution is -2.28. The number of rotatable bonds is 1. The fourth-order valence-corrected chi connectivity index (χ4v) is 1.97. The Labute approximate surface area is 86.7 Å². The molecule has 2 atom stereocenters. The van der Waals surface area contributed by atoms with Gasteiger partial charge < -0.3 is 10.4 Å². The van der Waals surface area contributed by atoms with Gasteiger partial charge in [0.25, 0.3) is 0 Å². The average molecular weight is 212 g/mol. The van der Waals surface area contributed by atoms with Crippen molar-refractivity contribution < 1.29 is 9.90 Å². The summed E-state index contributed by atoms with van der Waals surface area (Å²) in [6, 6.07) is 4.88. The fourth-order valence-electron chi connectivity index (χ4n) is 1.80. The van der Waals surface area contributed by atoms with E-state index in [1.165, 1.54) is 0 Å². The number of anilines is 1. The van der Waals surface area contributed by atoms with Crippen molar-refractivity contribution in [2.75, 3.05) is 5.32 Å². The van der Waals surface area contributed by atoms with Crippen LogP contribution in [0.5, 0.6) is 0 Å². The smallest absolute Gasteiger partial charge is 0.326 e. The third-order valence-corrected chi connectivity index (χ3v) is 2.82. The van der Waals surface area contributed by atoms with E-state index in [2.05, 4.69) is 5.32 Å². The van der Waals surface area contributed by atoms with Crippen molar-refractivity contribution in [1.29, 1.82) is 0 Å². The molecule has 74 valence electrons. The van der Waals surface area contributed by atoms with Gasteiger partial charge in [-0.25, -0.2) is 4.79 Å². The number of hydrogen-bond acceptors (Lipinski definition) is 2. The number of fused-ring (bicyclic) bond motifs is 1. The summed E-state index contributed by atoms with van der Waals surface area (Å²) in [7, 11) is 0. The zero-order chi connectivity index (χ0) is 10.3. The highest BCUT2D eigenvalue weighted by molar-refractivity contribution is 6.30. The quantitative estimate of drug-likeness (QED) is 0.750. The second-order valence-corrected chi connectivity index (χ2v) is 3.92. The van der Waals surface area contributed by atoms with E-state index in [4.69, 9.17) is 16.7 Å². The van der Waals surface area contributed by atoms with Gasteiger partial charge in [0.05, 0.1) is 0 Å². The maximum Gasteiger partial charge on any atom is 0.326 e. The van der Waals surface area contributed by atoms with Crippen LogP contribution in [0, 0.1) is 0 Å². The van der Waals surface area contributed by atoms with Crippen LogP contribution < -0.4 is 5.32 Å². The van der Waals surface area contributed by atoms with Gasteiger partial charge in [0.1, 0.15) is 6.04 Å². The Morgan fingerprint density at radius 3 is 2.93 bits per heavy atom. The Morgan fingerprint density at radius 2 is 2.29 bits per heavy atom. The molecule has 1 heterocycles. The van der Waals surface area contributed by atoms with Gasteiger partial charge in [0.15, 0.2) is 0 Å². The third kappa shape index (κ3) is 1.34. The summed E-state index contributed by atoms with van der Waals surface area (Å²) in [6.07, 6.45) is 0. The number of carboxylic acids is 1. The molecule has 1 aromatic rings. The highest BCUT2D eigenvalue weighted by Gasteiger charge is 2.33. The van der Waals surface area contributed by atoms with Crippen molar-refractivity contribution in [2.45, 2.75) is 18.9 Å². The molecule has 2 N–H and O–H groups in total. The molecule has 2 rings (SSSR count). The molecule has 2 unspecified atom stereocenters. The number of aliphatic carboxylic acids is 1. The number of carboxylic acid groups (broad SMARTS) is 1. The molecule has 4 heteroatoms. The predicted molar refractivity (Wildman–Crippen MR) is 54.9 cm³/mol. The predicted octanol–water partition coefficient (Wildman–Crippen LogP) is 2.32. The van der Waals surface area contributed by atoms with Crippen LogP contribution in [0.15, 0.2) is 18.2 Å². The van der Waals surface area contributed by atoms with Gasteiger partial charge >= 0.3 is 5.97 Å². The number of hydrogen-bond donors (Lipinski definition) is 2. The van der Waals surface area contributed by atoms with E-state index in [-0.39, 0.29) is 5.92 Å². The van der Waals surface area contributed by atoms with E-state index in [0.717, 1.165) is 11.3 Å². The molecule has 1 aliphatic heterocycles. The van der Waals surface area contributed by atoms with Crippen molar-refractivity contribution >= 4 is 23.3 Å². The zero-order valence-electron chi connectivity index (χ0n) is 7.62. The highest BCUT2D eigenvalue weighted by Crippen LogP contribution is 2.37. The van der Waals surface area contributed by atoms with Crippen molar-refractivity contribution in [3.8, 4) is 0 Å². The fraction of sp³-hybridized carbons (Fsp3) is 0.300. The summed E-state index contributed by atoms with van der Waals surface area (Å²) in [5.74, 6) is -0.843. The van der Waals surface area contributed by atoms with Gasteiger partial charge in [-0.3, -0.25) is 0 Å². The minimum Gasteiger partial charge on any atom is -0.480 e. The molecule has 0 fully saturated rings. The topological polar surface area (TPSA) is 49.3 Å². The first-order valence-corrected chi connectivity index (χ1v) is 4.76. The molecule has 0 aromatic heterocycles. The van der Waals surface area contributed by atoms with Crippen molar-refractivity contribution in [3.05, 3.63) is 28.8 Å². The molecule has 0 radical (unpaired) electrons. The lowest BCUT2D eigenvalue weighted by molar-refractivity contribution is -0.138. The molecule has 1 aromatic carbocycles. The van der Waals surface area contributed by atoms with Gasteiger partial charge in [-0.1, -0.05) is 24.6 Å². The molecule has 0 saturated heterocycles. The zero-order valence-corrected chi connectivity index (χ0v) is 8.38. The van der Waals surface area contributed by atoms with Crippen molar-refractivity contribution in [2.24, 2.45) is 0 Å². The van der Waals surface area contributed by atoms with Crippen LogP contribution in [0.1, 0.15) is 18.4 Å². The summed E-state index contributed by atoms with van der Waals surface area (Å²) < 4.78 is 0. The van der Waals surface area contributed by atoms with Crippen LogP contribution in [-0.4, -0.2) is 17.1 Å². The van der Waals surface area contributed by atoms with Crippen LogP contribution in [0.3, 0.4) is 0 Å². The summed E-state index contributed by atoms with van der Waals surface area (Å²) in [4.78, 5) is 10.9. The van der Waals surface area contributed by atoms with Gasteiger partial charge in [-0.15, -0.1) is 0 Å². The Bertz CT molecular complexity index is 392. The first-order valence-electron chi connectivity index (χ1n) is 4.38. The van der Waals surface area contributed by atoms with Gasteiger partial charge in [0, 0.05) is 16.6 Å². The van der Waals surface area contributed by atoms with Crippen molar-refractivity contribution in [3.63, 3.8) is 0 Å². The standard InChI is InChI=1S/C10H10ClNO2/c1-5-7-3-2-6(11)4-8(7)12-9(5)10(13)14/h2-5,9,12H,1H3,(H,13,14). The first-order chi connectivity index (χ1) is 6.59. The average Bonchev–Trinajstić information content (AvgIpc) is 2.43. The number of benzene rings is 1. The maximum absolute atomic E-state index is 10.9. The largest absolute Gasteiger partial charge is 0.480 e. The van der Waals surface area contributed by atoms with Crippen LogP contribution >= 0.6 is 11.6 Å². The van der Waals surface area contributed by atoms with Crippen LogP contribution in [0.2, 0.25) is 5.02 Å². The minimum atomic E-state index is -0.829. The van der Waals surface area contributed by atoms with E-state index >= 15 is 0 Å². The van der Waals surface area contributed by atoms with E-state index in [1.807, 2.05) is 13.0 Å². The van der Waals surface area contributed by atoms with E-state index in [9.17, 15) is 4.79 Å². The second-order valence-electron chi connectivity index (χ2n) is 3.48. The third-order valence-electron chi connectivity index (χ3n) is 2.58. The van der Waals surface area contributed by atoms with Gasteiger partial charge in [0.2, 0.25) is 0 Å². The number of halogens is 1. The van der Waals surface area contributed by atoms with E-state index < -0.39 is 12.0 Å². The summed E-state index contributed by atoms with van der Waals surface area (Å²) in [5.41, 5.74) is 1.85. The van der Waals surface area contributed by atoms with Crippen molar-refractivity contribution in [1.82, 2.24) is 0 Å². The molecule has 0 amide bonds. The van der Waals surface area contributed by atoms with E-state index in [0.29, 0.717) is 5.02 Å². The highest BCUT2D eigenvalue weighted by atomic mass is 35.5. The normalized spacial score (nSPS) is 24.1. The monoisotopic (exact) mass is 211 g/mol. The first kappa shape index (κ1) is 9.34. The molecular weight excluding hydrogens is 202 g/mol. The van der Waals surface area contributed by atoms with Crippen LogP contribution in [0.25, 0.3) is 0 Å². The maximum atomic E-state index is 10.9. The van der Waals surface area contributed by atoms with Gasteiger partial charge in [-0.2, -0.15) is 0 Å². The molecule has 14 heavy (non-hydrogen) atoms. The molecule has 0 aliphatic carbocycles. The number of nitrogens with one attached hydrogen (secondary N) is 1. The molecule has 0 spiro atoms. The lowest BCUT2D eigenvalue weighted by Gasteiger charge is -2.09. The lowest BCUT2D eigenvalue weighted by atomic mass is 9.97. The molecule has 0 saturated carbocycles. The van der Waals surface area contributed by atoms with Gasteiger partial charge in [-0.05, 0) is 17.7 Å². The molecule has 3 nitrogen and oxygen atoms in total. The Kier molecular flexibility index (Phi) is 2.11. The summed E-state index contributed by atoms with van der Waals surface area (Å²) >= 11 is 5.81. The van der Waals surface area contributed by atoms with Crippen LogP contribution in [-0.2, 0) is 4.79 Å². The van der Waals surface area contributed by atoms with E-state index in [1.54, 1.807) is 12.1 Å². The minimum absolute atomic E-state index is 0.0141. The Balaban J connectivity index is 2.40. The summed E-state index contributed by atoms with van der Waals surface area (Å²) in [5, 5.41) is 12.5. The second kappa shape index (κ2) is 3.17. The number of carbonyl (C=O) groups is 1. The Hall–Kier alpha value is -1.22.